The third-order valence-corrected chi connectivity index (χ3v) is 6.82. The lowest BCUT2D eigenvalue weighted by atomic mass is 10.1. The van der Waals surface area contributed by atoms with E-state index in [0.717, 1.165) is 17.7 Å². The minimum atomic E-state index is -3.39. The lowest BCUT2D eigenvalue weighted by Gasteiger charge is -2.23. The van der Waals surface area contributed by atoms with Crippen molar-refractivity contribution in [2.75, 3.05) is 13.1 Å². The Balaban J connectivity index is 2.92. The first-order chi connectivity index (χ1) is 9.77. The van der Waals surface area contributed by atoms with E-state index < -0.39 is 10.0 Å². The molecular formula is C15H28N2O2S2. The van der Waals surface area contributed by atoms with Crippen LogP contribution in [-0.2, 0) is 16.6 Å². The molecule has 0 spiro atoms. The third-order valence-electron chi connectivity index (χ3n) is 3.34. The Kier molecular flexibility index (Phi) is 7.33. The van der Waals surface area contributed by atoms with Crippen LogP contribution < -0.4 is 5.73 Å². The average Bonchev–Trinajstić information content (AvgIpc) is 2.87. The van der Waals surface area contributed by atoms with Gasteiger partial charge in [-0.15, -0.1) is 11.3 Å². The molecule has 122 valence electrons. The minimum Gasteiger partial charge on any atom is -0.326 e. The van der Waals surface area contributed by atoms with Crippen LogP contribution in [0.2, 0.25) is 0 Å². The number of sulfonamides is 1. The zero-order valence-corrected chi connectivity index (χ0v) is 15.1. The van der Waals surface area contributed by atoms with Gasteiger partial charge in [-0.3, -0.25) is 0 Å². The summed E-state index contributed by atoms with van der Waals surface area (Å²) in [5.74, 6) is 0.981. The molecule has 1 heterocycles. The van der Waals surface area contributed by atoms with Crippen molar-refractivity contribution in [3.63, 3.8) is 0 Å². The van der Waals surface area contributed by atoms with E-state index in [-0.39, 0.29) is 0 Å². The van der Waals surface area contributed by atoms with Crippen LogP contribution in [-0.4, -0.2) is 25.8 Å². The molecule has 0 fully saturated rings. The quantitative estimate of drug-likeness (QED) is 0.755. The second kappa shape index (κ2) is 8.27. The molecule has 0 aliphatic heterocycles. The zero-order chi connectivity index (χ0) is 16.0. The first-order valence-corrected chi connectivity index (χ1v) is 9.82. The van der Waals surface area contributed by atoms with Crippen LogP contribution >= 0.6 is 11.3 Å². The van der Waals surface area contributed by atoms with Gasteiger partial charge in [-0.25, -0.2) is 8.42 Å². The summed E-state index contributed by atoms with van der Waals surface area (Å²) in [6.45, 7) is 10.0. The summed E-state index contributed by atoms with van der Waals surface area (Å²) in [7, 11) is -3.39. The lowest BCUT2D eigenvalue weighted by Crippen LogP contribution is -2.33. The fraction of sp³-hybridized carbons (Fsp3) is 0.733. The normalized spacial score (nSPS) is 12.8. The summed E-state index contributed by atoms with van der Waals surface area (Å²) in [6, 6.07) is 3.49. The van der Waals surface area contributed by atoms with Crippen LogP contribution in [0.5, 0.6) is 0 Å². The van der Waals surface area contributed by atoms with E-state index in [4.69, 9.17) is 5.73 Å². The number of thiophene rings is 1. The van der Waals surface area contributed by atoms with E-state index in [9.17, 15) is 8.42 Å². The molecule has 1 aromatic rings. The van der Waals surface area contributed by atoms with Crippen LogP contribution in [0.25, 0.3) is 0 Å². The van der Waals surface area contributed by atoms with E-state index in [0.29, 0.717) is 35.7 Å². The van der Waals surface area contributed by atoms with Crippen molar-refractivity contribution in [2.24, 2.45) is 17.6 Å². The molecule has 0 aromatic carbocycles. The largest absolute Gasteiger partial charge is 0.326 e. The monoisotopic (exact) mass is 332 g/mol. The maximum absolute atomic E-state index is 12.8. The molecule has 1 rings (SSSR count). The topological polar surface area (TPSA) is 63.4 Å². The molecule has 21 heavy (non-hydrogen) atoms. The van der Waals surface area contributed by atoms with E-state index in [1.165, 1.54) is 11.3 Å². The smallest absolute Gasteiger partial charge is 0.252 e. The summed E-state index contributed by atoms with van der Waals surface area (Å²) in [5, 5.41) is 0. The molecule has 6 heteroatoms. The summed E-state index contributed by atoms with van der Waals surface area (Å²) < 4.78 is 27.6. The van der Waals surface area contributed by atoms with Crippen molar-refractivity contribution in [3.8, 4) is 0 Å². The number of hydrogen-bond donors (Lipinski definition) is 1. The highest BCUT2D eigenvalue weighted by Gasteiger charge is 2.26. The third kappa shape index (κ3) is 5.70. The number of nitrogens with two attached hydrogens (primary N) is 1. The van der Waals surface area contributed by atoms with Crippen LogP contribution in [0.3, 0.4) is 0 Å². The summed E-state index contributed by atoms with van der Waals surface area (Å²) in [5.41, 5.74) is 5.58. The molecule has 1 aromatic heterocycles. The first-order valence-electron chi connectivity index (χ1n) is 7.56. The second-order valence-electron chi connectivity index (χ2n) is 6.19. The number of rotatable bonds is 9. The molecule has 0 aliphatic carbocycles. The van der Waals surface area contributed by atoms with Crippen LogP contribution in [0.1, 0.15) is 45.4 Å². The van der Waals surface area contributed by atoms with Crippen LogP contribution in [0.4, 0.5) is 0 Å². The van der Waals surface area contributed by atoms with E-state index in [2.05, 4.69) is 27.7 Å². The molecule has 4 nitrogen and oxygen atoms in total. The summed E-state index contributed by atoms with van der Waals surface area (Å²) >= 11 is 1.28. The van der Waals surface area contributed by atoms with E-state index in [1.54, 1.807) is 16.4 Å². The molecule has 0 unspecified atom stereocenters. The second-order valence-corrected chi connectivity index (χ2v) is 9.53. The highest BCUT2D eigenvalue weighted by Crippen LogP contribution is 2.25. The minimum absolute atomic E-state index is 0.387. The number of nitrogens with zero attached hydrogens (tertiary/aromatic N) is 1. The first kappa shape index (κ1) is 18.6. The SMILES string of the molecule is CC(C)CCN(CCC(C)C)S(=O)(=O)c1ccc(CN)s1. The van der Waals surface area contributed by atoms with Gasteiger partial charge in [0.2, 0.25) is 0 Å². The zero-order valence-electron chi connectivity index (χ0n) is 13.5. The van der Waals surface area contributed by atoms with Crippen LogP contribution in [0, 0.1) is 11.8 Å². The Hall–Kier alpha value is -0.430. The average molecular weight is 333 g/mol. The van der Waals surface area contributed by atoms with Crippen molar-refractivity contribution in [3.05, 3.63) is 17.0 Å². The Bertz CT molecular complexity index is 510. The van der Waals surface area contributed by atoms with Gasteiger partial charge in [-0.1, -0.05) is 27.7 Å². The number of hydrogen-bond acceptors (Lipinski definition) is 4. The lowest BCUT2D eigenvalue weighted by molar-refractivity contribution is 0.358. The van der Waals surface area contributed by atoms with Crippen molar-refractivity contribution in [2.45, 2.75) is 51.3 Å². The fourth-order valence-electron chi connectivity index (χ4n) is 1.89. The highest BCUT2D eigenvalue weighted by molar-refractivity contribution is 7.91. The van der Waals surface area contributed by atoms with Gasteiger partial charge >= 0.3 is 0 Å². The van der Waals surface area contributed by atoms with Gasteiger partial charge in [0.1, 0.15) is 4.21 Å². The van der Waals surface area contributed by atoms with Crippen molar-refractivity contribution in [1.82, 2.24) is 4.31 Å². The highest BCUT2D eigenvalue weighted by atomic mass is 32.2. The summed E-state index contributed by atoms with van der Waals surface area (Å²) in [4.78, 5) is 0.904. The van der Waals surface area contributed by atoms with E-state index >= 15 is 0 Å². The molecule has 0 atom stereocenters. The molecule has 2 N–H and O–H groups in total. The summed E-state index contributed by atoms with van der Waals surface area (Å²) in [6.07, 6.45) is 1.76. The molecular weight excluding hydrogens is 304 g/mol. The van der Waals surface area contributed by atoms with Gasteiger partial charge < -0.3 is 5.73 Å². The van der Waals surface area contributed by atoms with Gasteiger partial charge in [-0.2, -0.15) is 4.31 Å². The fourth-order valence-corrected chi connectivity index (χ4v) is 4.75. The van der Waals surface area contributed by atoms with Crippen molar-refractivity contribution in [1.29, 1.82) is 0 Å². The van der Waals surface area contributed by atoms with Gasteiger partial charge in [0.15, 0.2) is 0 Å². The Labute approximate surface area is 133 Å². The maximum atomic E-state index is 12.8. The van der Waals surface area contributed by atoms with Crippen molar-refractivity contribution >= 4 is 21.4 Å². The molecule has 0 radical (unpaired) electrons. The Morgan fingerprint density at radius 2 is 1.62 bits per heavy atom. The molecule has 0 saturated heterocycles. The van der Waals surface area contributed by atoms with Crippen LogP contribution in [0.15, 0.2) is 16.3 Å². The van der Waals surface area contributed by atoms with Gasteiger partial charge in [-0.05, 0) is 36.8 Å². The Morgan fingerprint density at radius 3 is 2.00 bits per heavy atom. The Morgan fingerprint density at radius 1 is 1.10 bits per heavy atom. The van der Waals surface area contributed by atoms with Gasteiger partial charge in [0.05, 0.1) is 0 Å². The standard InChI is InChI=1S/C15H28N2O2S2/c1-12(2)7-9-17(10-8-13(3)4)21(18,19)15-6-5-14(11-16)20-15/h5-6,12-13H,7-11,16H2,1-4H3. The molecule has 0 saturated carbocycles. The van der Waals surface area contributed by atoms with Gasteiger partial charge in [0, 0.05) is 24.5 Å². The van der Waals surface area contributed by atoms with E-state index in [1.807, 2.05) is 0 Å². The molecule has 0 aliphatic rings. The van der Waals surface area contributed by atoms with Crippen molar-refractivity contribution < 1.29 is 8.42 Å². The molecule has 0 amide bonds. The molecule has 0 bridgehead atoms. The predicted molar refractivity (Wildman–Crippen MR) is 89.9 cm³/mol. The predicted octanol–water partition coefficient (Wildman–Crippen LogP) is 3.29. The van der Waals surface area contributed by atoms with Gasteiger partial charge in [0.25, 0.3) is 10.0 Å². The maximum Gasteiger partial charge on any atom is 0.252 e.